The molecule has 0 aliphatic heterocycles. The SMILES string of the molecule is CCOc1cc(C)cc2c1nc(Cl)n1cnnc21. The molecule has 3 rings (SSSR count). The zero-order valence-corrected chi connectivity index (χ0v) is 10.8. The number of ether oxygens (including phenoxy) is 1. The molecule has 0 saturated carbocycles. The maximum absolute atomic E-state index is 6.11. The topological polar surface area (TPSA) is 52.3 Å². The molecule has 5 nitrogen and oxygen atoms in total. The summed E-state index contributed by atoms with van der Waals surface area (Å²) in [6, 6.07) is 3.95. The Morgan fingerprint density at radius 2 is 2.22 bits per heavy atom. The van der Waals surface area contributed by atoms with Gasteiger partial charge in [0.25, 0.3) is 0 Å². The zero-order chi connectivity index (χ0) is 12.7. The van der Waals surface area contributed by atoms with E-state index in [9.17, 15) is 0 Å². The van der Waals surface area contributed by atoms with Gasteiger partial charge in [-0.05, 0) is 43.1 Å². The summed E-state index contributed by atoms with van der Waals surface area (Å²) in [7, 11) is 0. The van der Waals surface area contributed by atoms with Crippen molar-refractivity contribution in [2.75, 3.05) is 6.61 Å². The van der Waals surface area contributed by atoms with E-state index in [1.807, 2.05) is 26.0 Å². The van der Waals surface area contributed by atoms with Crippen molar-refractivity contribution in [3.63, 3.8) is 0 Å². The number of hydrogen-bond donors (Lipinski definition) is 0. The fourth-order valence-electron chi connectivity index (χ4n) is 2.00. The molecule has 0 aliphatic carbocycles. The highest BCUT2D eigenvalue weighted by molar-refractivity contribution is 6.29. The Kier molecular flexibility index (Phi) is 2.56. The largest absolute Gasteiger partial charge is 0.492 e. The second-order valence-corrected chi connectivity index (χ2v) is 4.34. The Balaban J connectivity index is 2.47. The average Bonchev–Trinajstić information content (AvgIpc) is 2.81. The predicted octanol–water partition coefficient (Wildman–Crippen LogP) is 2.64. The molecule has 18 heavy (non-hydrogen) atoms. The minimum absolute atomic E-state index is 0.326. The first-order chi connectivity index (χ1) is 8.70. The lowest BCUT2D eigenvalue weighted by Crippen LogP contribution is -1.98. The Morgan fingerprint density at radius 3 is 3.00 bits per heavy atom. The molecule has 0 amide bonds. The zero-order valence-electron chi connectivity index (χ0n) is 10.0. The van der Waals surface area contributed by atoms with E-state index in [-0.39, 0.29) is 0 Å². The van der Waals surface area contributed by atoms with Crippen LogP contribution in [0.25, 0.3) is 16.6 Å². The molecule has 0 aliphatic rings. The molecule has 0 fully saturated rings. The minimum Gasteiger partial charge on any atom is -0.492 e. The molecule has 0 atom stereocenters. The first-order valence-corrected chi connectivity index (χ1v) is 6.01. The first kappa shape index (κ1) is 11.2. The lowest BCUT2D eigenvalue weighted by atomic mass is 10.1. The van der Waals surface area contributed by atoms with Crippen molar-refractivity contribution in [3.05, 3.63) is 29.3 Å². The smallest absolute Gasteiger partial charge is 0.210 e. The summed E-state index contributed by atoms with van der Waals surface area (Å²) >= 11 is 6.11. The van der Waals surface area contributed by atoms with Gasteiger partial charge in [0.2, 0.25) is 5.28 Å². The normalized spacial score (nSPS) is 11.3. The van der Waals surface area contributed by atoms with Crippen molar-refractivity contribution in [3.8, 4) is 5.75 Å². The molecule has 2 aromatic heterocycles. The second kappa shape index (κ2) is 4.10. The van der Waals surface area contributed by atoms with Crippen molar-refractivity contribution < 1.29 is 4.74 Å². The molecule has 92 valence electrons. The third-order valence-electron chi connectivity index (χ3n) is 2.71. The van der Waals surface area contributed by atoms with Gasteiger partial charge in [-0.1, -0.05) is 0 Å². The van der Waals surface area contributed by atoms with Crippen molar-refractivity contribution in [2.45, 2.75) is 13.8 Å². The van der Waals surface area contributed by atoms with Crippen LogP contribution in [0.4, 0.5) is 0 Å². The van der Waals surface area contributed by atoms with Gasteiger partial charge in [-0.25, -0.2) is 4.98 Å². The summed E-state index contributed by atoms with van der Waals surface area (Å²) in [6.07, 6.45) is 1.55. The summed E-state index contributed by atoms with van der Waals surface area (Å²) in [5.74, 6) is 0.722. The molecular formula is C12H11ClN4O. The fraction of sp³-hybridized carbons (Fsp3) is 0.250. The van der Waals surface area contributed by atoms with Crippen molar-refractivity contribution >= 4 is 28.2 Å². The maximum atomic E-state index is 6.11. The molecule has 0 bridgehead atoms. The van der Waals surface area contributed by atoms with Crippen LogP contribution in [0.3, 0.4) is 0 Å². The molecule has 3 aromatic rings. The number of benzene rings is 1. The van der Waals surface area contributed by atoms with Gasteiger partial charge in [0, 0.05) is 5.39 Å². The Morgan fingerprint density at radius 1 is 1.39 bits per heavy atom. The summed E-state index contributed by atoms with van der Waals surface area (Å²) in [5.41, 5.74) is 2.49. The van der Waals surface area contributed by atoms with Gasteiger partial charge in [-0.3, -0.25) is 4.40 Å². The van der Waals surface area contributed by atoms with Crippen LogP contribution in [-0.2, 0) is 0 Å². The Hall–Kier alpha value is -1.88. The molecule has 0 N–H and O–H groups in total. The van der Waals surface area contributed by atoms with E-state index in [2.05, 4.69) is 15.2 Å². The summed E-state index contributed by atoms with van der Waals surface area (Å²) in [5, 5.41) is 9.16. The van der Waals surface area contributed by atoms with Gasteiger partial charge in [0.1, 0.15) is 17.6 Å². The van der Waals surface area contributed by atoms with Crippen molar-refractivity contribution in [2.24, 2.45) is 0 Å². The molecule has 6 heteroatoms. The van der Waals surface area contributed by atoms with E-state index in [4.69, 9.17) is 16.3 Å². The van der Waals surface area contributed by atoms with Gasteiger partial charge in [0.05, 0.1) is 6.61 Å². The van der Waals surface area contributed by atoms with Crippen LogP contribution in [-0.4, -0.2) is 26.2 Å². The van der Waals surface area contributed by atoms with Crippen LogP contribution in [0.1, 0.15) is 12.5 Å². The van der Waals surface area contributed by atoms with E-state index in [1.54, 1.807) is 10.7 Å². The number of rotatable bonds is 2. The quantitative estimate of drug-likeness (QED) is 0.666. The number of halogens is 1. The Bertz CT molecular complexity index is 738. The number of aryl methyl sites for hydroxylation is 1. The van der Waals surface area contributed by atoms with Gasteiger partial charge >= 0.3 is 0 Å². The monoisotopic (exact) mass is 262 g/mol. The van der Waals surface area contributed by atoms with E-state index in [1.165, 1.54) is 0 Å². The highest BCUT2D eigenvalue weighted by Gasteiger charge is 2.13. The van der Waals surface area contributed by atoms with Gasteiger partial charge in [0.15, 0.2) is 5.65 Å². The molecule has 0 spiro atoms. The molecule has 1 aromatic carbocycles. The lowest BCUT2D eigenvalue weighted by Gasteiger charge is -2.09. The standard InChI is InChI=1S/C12H11ClN4O/c1-3-18-9-5-7(2)4-8-10(9)15-12(13)17-6-14-16-11(8)17/h4-6H,3H2,1-2H3. The molecular weight excluding hydrogens is 252 g/mol. The predicted molar refractivity (Wildman–Crippen MR) is 69.2 cm³/mol. The average molecular weight is 263 g/mol. The molecule has 0 unspecified atom stereocenters. The van der Waals surface area contributed by atoms with E-state index < -0.39 is 0 Å². The highest BCUT2D eigenvalue weighted by atomic mass is 35.5. The summed E-state index contributed by atoms with van der Waals surface area (Å²) in [6.45, 7) is 4.52. The van der Waals surface area contributed by atoms with E-state index in [0.29, 0.717) is 23.1 Å². The summed E-state index contributed by atoms with van der Waals surface area (Å²) in [4.78, 5) is 4.36. The highest BCUT2D eigenvalue weighted by Crippen LogP contribution is 2.29. The van der Waals surface area contributed by atoms with Crippen LogP contribution in [0.5, 0.6) is 5.75 Å². The first-order valence-electron chi connectivity index (χ1n) is 5.63. The van der Waals surface area contributed by atoms with Gasteiger partial charge < -0.3 is 4.74 Å². The van der Waals surface area contributed by atoms with Gasteiger partial charge in [-0.15, -0.1) is 10.2 Å². The number of aromatic nitrogens is 4. The van der Waals surface area contributed by atoms with Crippen molar-refractivity contribution in [1.82, 2.24) is 19.6 Å². The van der Waals surface area contributed by atoms with Crippen LogP contribution < -0.4 is 4.74 Å². The van der Waals surface area contributed by atoms with Crippen LogP contribution in [0, 0.1) is 6.92 Å². The second-order valence-electron chi connectivity index (χ2n) is 4.00. The number of fused-ring (bicyclic) bond motifs is 3. The molecule has 0 radical (unpaired) electrons. The molecule has 2 heterocycles. The van der Waals surface area contributed by atoms with Crippen LogP contribution in [0.15, 0.2) is 18.5 Å². The fourth-order valence-corrected chi connectivity index (χ4v) is 2.20. The van der Waals surface area contributed by atoms with E-state index >= 15 is 0 Å². The lowest BCUT2D eigenvalue weighted by molar-refractivity contribution is 0.343. The Labute approximate surface area is 108 Å². The van der Waals surface area contributed by atoms with Crippen molar-refractivity contribution in [1.29, 1.82) is 0 Å². The molecule has 0 saturated heterocycles. The minimum atomic E-state index is 0.326. The third-order valence-corrected chi connectivity index (χ3v) is 2.98. The maximum Gasteiger partial charge on any atom is 0.210 e. The van der Waals surface area contributed by atoms with Gasteiger partial charge in [-0.2, -0.15) is 0 Å². The van der Waals surface area contributed by atoms with E-state index in [0.717, 1.165) is 16.7 Å². The van der Waals surface area contributed by atoms with Crippen LogP contribution >= 0.6 is 11.6 Å². The number of hydrogen-bond acceptors (Lipinski definition) is 4. The number of nitrogens with zero attached hydrogens (tertiary/aromatic N) is 4. The summed E-state index contributed by atoms with van der Waals surface area (Å²) < 4.78 is 7.25. The third kappa shape index (κ3) is 1.59. The van der Waals surface area contributed by atoms with Crippen LogP contribution in [0.2, 0.25) is 5.28 Å².